The summed E-state index contributed by atoms with van der Waals surface area (Å²) in [4.78, 5) is 55.2. The van der Waals surface area contributed by atoms with Gasteiger partial charge in [0.25, 0.3) is 11.8 Å². The molecule has 3 N–H and O–H groups in total. The number of nitrogens with zero attached hydrogens (tertiary/aromatic N) is 3. The minimum Gasteiger partial charge on any atom is -0.378 e. The Labute approximate surface area is 196 Å². The van der Waals surface area contributed by atoms with E-state index in [4.69, 9.17) is 0 Å². The summed E-state index contributed by atoms with van der Waals surface area (Å²) in [6, 6.07) is 9.53. The summed E-state index contributed by atoms with van der Waals surface area (Å²) in [5.74, 6) is -1.46. The van der Waals surface area contributed by atoms with Crippen LogP contribution in [0.3, 0.4) is 0 Å². The second-order valence-corrected chi connectivity index (χ2v) is 9.11. The average molecular weight is 466 g/mol. The van der Waals surface area contributed by atoms with E-state index in [0.29, 0.717) is 24.1 Å². The molecule has 5 atom stereocenters. The largest absolute Gasteiger partial charge is 0.378 e. The van der Waals surface area contributed by atoms with Gasteiger partial charge in [-0.2, -0.15) is 0 Å². The fourth-order valence-corrected chi connectivity index (χ4v) is 5.27. The molecule has 0 saturated carbocycles. The standard InChI is InChI=1S/C24H27N5O5/c1-27-10-5-8-17(27)21(31)25-15-12-18-22(32)26-16-9-11-28(19(16)23(33)29(18)13-15)24(34)20(30)14-6-3-2-4-7-14/h2-8,10,15-16,18-20,30H,9,11-13H2,1H3,(H,25,31)(H,26,32)/t15-,16-,18+,19-,20-/m0/s1. The van der Waals surface area contributed by atoms with Gasteiger partial charge in [-0.25, -0.2) is 0 Å². The van der Waals surface area contributed by atoms with Crippen molar-refractivity contribution in [1.82, 2.24) is 25.0 Å². The van der Waals surface area contributed by atoms with Crippen LogP contribution in [0, 0.1) is 0 Å². The van der Waals surface area contributed by atoms with Crippen LogP contribution < -0.4 is 10.6 Å². The highest BCUT2D eigenvalue weighted by Gasteiger charge is 2.53. The number of amides is 4. The number of aliphatic hydroxyl groups is 1. The highest BCUT2D eigenvalue weighted by atomic mass is 16.3. The Morgan fingerprint density at radius 1 is 1.15 bits per heavy atom. The number of aryl methyl sites for hydroxylation is 1. The van der Waals surface area contributed by atoms with Gasteiger partial charge in [0.15, 0.2) is 6.10 Å². The summed E-state index contributed by atoms with van der Waals surface area (Å²) in [6.45, 7) is 0.440. The maximum absolute atomic E-state index is 13.6. The molecule has 0 spiro atoms. The molecule has 4 heterocycles. The van der Waals surface area contributed by atoms with Crippen molar-refractivity contribution in [2.24, 2.45) is 7.05 Å². The van der Waals surface area contributed by atoms with Crippen LogP contribution in [0.4, 0.5) is 0 Å². The van der Waals surface area contributed by atoms with E-state index in [1.54, 1.807) is 60.3 Å². The Morgan fingerprint density at radius 2 is 1.91 bits per heavy atom. The Hall–Kier alpha value is -3.66. The molecule has 34 heavy (non-hydrogen) atoms. The Kier molecular flexibility index (Phi) is 5.60. The van der Waals surface area contributed by atoms with Gasteiger partial charge in [0.05, 0.1) is 6.04 Å². The Bertz CT molecular complexity index is 1130. The van der Waals surface area contributed by atoms with Crippen LogP contribution in [0.15, 0.2) is 48.7 Å². The van der Waals surface area contributed by atoms with E-state index in [1.807, 2.05) is 0 Å². The minimum atomic E-state index is -1.39. The van der Waals surface area contributed by atoms with Crippen LogP contribution in [0.5, 0.6) is 0 Å². The first-order valence-corrected chi connectivity index (χ1v) is 11.4. The first-order chi connectivity index (χ1) is 16.3. The van der Waals surface area contributed by atoms with E-state index in [0.717, 1.165) is 0 Å². The third-order valence-corrected chi connectivity index (χ3v) is 7.01. The number of hydrogen-bond donors (Lipinski definition) is 3. The topological polar surface area (TPSA) is 124 Å². The van der Waals surface area contributed by atoms with Crippen molar-refractivity contribution in [3.05, 3.63) is 59.9 Å². The summed E-state index contributed by atoms with van der Waals surface area (Å²) in [6.07, 6.45) is 1.11. The van der Waals surface area contributed by atoms with Gasteiger partial charge >= 0.3 is 0 Å². The quantitative estimate of drug-likeness (QED) is 0.565. The summed E-state index contributed by atoms with van der Waals surface area (Å²) in [5, 5.41) is 16.5. The number of likely N-dealkylation sites (tertiary alicyclic amines) is 1. The van der Waals surface area contributed by atoms with Crippen molar-refractivity contribution >= 4 is 23.6 Å². The molecule has 0 bridgehead atoms. The lowest BCUT2D eigenvalue weighted by Crippen LogP contribution is -2.53. The molecule has 0 radical (unpaired) electrons. The summed E-state index contributed by atoms with van der Waals surface area (Å²) in [7, 11) is 1.77. The van der Waals surface area contributed by atoms with Crippen LogP contribution in [-0.4, -0.2) is 80.4 Å². The molecule has 178 valence electrons. The zero-order chi connectivity index (χ0) is 24.0. The number of carbonyl (C=O) groups is 4. The van der Waals surface area contributed by atoms with Crippen molar-refractivity contribution < 1.29 is 24.3 Å². The molecule has 1 aromatic heterocycles. The highest BCUT2D eigenvalue weighted by molar-refractivity contribution is 5.98. The minimum absolute atomic E-state index is 0.180. The van der Waals surface area contributed by atoms with E-state index in [-0.39, 0.29) is 36.9 Å². The summed E-state index contributed by atoms with van der Waals surface area (Å²) >= 11 is 0. The molecule has 1 aromatic carbocycles. The fraction of sp³-hybridized carbons (Fsp3) is 0.417. The van der Waals surface area contributed by atoms with E-state index < -0.39 is 30.1 Å². The second kappa shape index (κ2) is 8.60. The highest BCUT2D eigenvalue weighted by Crippen LogP contribution is 2.31. The van der Waals surface area contributed by atoms with Crippen LogP contribution in [0.2, 0.25) is 0 Å². The first-order valence-electron chi connectivity index (χ1n) is 11.4. The van der Waals surface area contributed by atoms with E-state index in [9.17, 15) is 24.3 Å². The van der Waals surface area contributed by atoms with Gasteiger partial charge in [0.1, 0.15) is 17.8 Å². The summed E-state index contributed by atoms with van der Waals surface area (Å²) < 4.78 is 1.70. The molecule has 10 nitrogen and oxygen atoms in total. The normalized spacial score (nSPS) is 27.0. The first kappa shape index (κ1) is 22.1. The zero-order valence-electron chi connectivity index (χ0n) is 18.8. The fourth-order valence-electron chi connectivity index (χ4n) is 5.27. The molecule has 3 aliphatic rings. The van der Waals surface area contributed by atoms with Crippen LogP contribution in [-0.2, 0) is 21.4 Å². The molecule has 0 aliphatic carbocycles. The molecule has 0 unspecified atom stereocenters. The number of aromatic nitrogens is 1. The lowest BCUT2D eigenvalue weighted by molar-refractivity contribution is -0.149. The molecule has 4 amide bonds. The van der Waals surface area contributed by atoms with E-state index in [1.165, 1.54) is 9.80 Å². The molecule has 2 aromatic rings. The van der Waals surface area contributed by atoms with Gasteiger partial charge in [-0.05, 0) is 30.5 Å². The van der Waals surface area contributed by atoms with Gasteiger partial charge in [0.2, 0.25) is 11.8 Å². The van der Waals surface area contributed by atoms with Crippen LogP contribution in [0.25, 0.3) is 0 Å². The van der Waals surface area contributed by atoms with Crippen molar-refractivity contribution in [3.8, 4) is 0 Å². The molecule has 10 heteroatoms. The number of fused-ring (bicyclic) bond motifs is 2. The molecule has 3 aliphatic heterocycles. The van der Waals surface area contributed by atoms with E-state index >= 15 is 0 Å². The van der Waals surface area contributed by atoms with Crippen molar-refractivity contribution in [2.45, 2.75) is 43.1 Å². The van der Waals surface area contributed by atoms with Gasteiger partial charge in [-0.1, -0.05) is 30.3 Å². The molecular formula is C24H27N5O5. The van der Waals surface area contributed by atoms with Crippen molar-refractivity contribution in [2.75, 3.05) is 13.1 Å². The van der Waals surface area contributed by atoms with Gasteiger partial charge in [-0.15, -0.1) is 0 Å². The van der Waals surface area contributed by atoms with Crippen LogP contribution >= 0.6 is 0 Å². The third-order valence-electron chi connectivity index (χ3n) is 7.01. The number of aliphatic hydroxyl groups excluding tert-OH is 1. The predicted molar refractivity (Wildman–Crippen MR) is 120 cm³/mol. The SMILES string of the molecule is Cn1cccc1C(=O)N[C@H]1C[C@@H]2C(=O)N[C@H]3CCN(C(=O)[C@@H](O)c4ccccc4)[C@@H]3C(=O)N2C1. The van der Waals surface area contributed by atoms with Crippen molar-refractivity contribution in [1.29, 1.82) is 0 Å². The molecule has 3 saturated heterocycles. The monoisotopic (exact) mass is 465 g/mol. The maximum atomic E-state index is 13.6. The number of benzene rings is 1. The lowest BCUT2D eigenvalue weighted by atomic mass is 10.1. The van der Waals surface area contributed by atoms with Crippen molar-refractivity contribution in [3.63, 3.8) is 0 Å². The van der Waals surface area contributed by atoms with E-state index in [2.05, 4.69) is 10.6 Å². The number of rotatable bonds is 4. The Balaban J connectivity index is 1.33. The van der Waals surface area contributed by atoms with Gasteiger partial charge < -0.3 is 30.1 Å². The zero-order valence-corrected chi connectivity index (χ0v) is 18.8. The van der Waals surface area contributed by atoms with Gasteiger partial charge in [0, 0.05) is 32.4 Å². The van der Waals surface area contributed by atoms with Crippen LogP contribution in [0.1, 0.15) is 35.0 Å². The predicted octanol–water partition coefficient (Wildman–Crippen LogP) is -0.443. The Morgan fingerprint density at radius 3 is 2.62 bits per heavy atom. The average Bonchev–Trinajstić information content (AvgIpc) is 3.55. The maximum Gasteiger partial charge on any atom is 0.268 e. The number of carbonyl (C=O) groups excluding carboxylic acids is 4. The number of nitrogens with one attached hydrogen (secondary N) is 2. The number of hydrogen-bond acceptors (Lipinski definition) is 5. The molecule has 3 fully saturated rings. The summed E-state index contributed by atoms with van der Waals surface area (Å²) in [5.41, 5.74) is 0.934. The molecular weight excluding hydrogens is 438 g/mol. The third kappa shape index (κ3) is 3.73. The smallest absolute Gasteiger partial charge is 0.268 e. The lowest BCUT2D eigenvalue weighted by Gasteiger charge is -2.30. The molecule has 5 rings (SSSR count). The second-order valence-electron chi connectivity index (χ2n) is 9.11. The van der Waals surface area contributed by atoms with Gasteiger partial charge in [-0.3, -0.25) is 19.2 Å².